The summed E-state index contributed by atoms with van der Waals surface area (Å²) in [5.41, 5.74) is -5.59. The lowest BCUT2D eigenvalue weighted by Gasteiger charge is -2.22. The summed E-state index contributed by atoms with van der Waals surface area (Å²) in [5, 5.41) is 0.0615. The van der Waals surface area contributed by atoms with Crippen molar-refractivity contribution in [1.82, 2.24) is 14.1 Å². The number of ether oxygens (including phenoxy) is 4. The minimum Gasteiger partial charge on any atom is -0.489 e. The van der Waals surface area contributed by atoms with Gasteiger partial charge in [-0.25, -0.2) is 32.7 Å². The van der Waals surface area contributed by atoms with Gasteiger partial charge in [-0.3, -0.25) is 14.4 Å². The highest BCUT2D eigenvalue weighted by atomic mass is 32.2. The zero-order chi connectivity index (χ0) is 46.3. The number of esters is 2. The van der Waals surface area contributed by atoms with Gasteiger partial charge in [-0.1, -0.05) is 32.9 Å². The average Bonchev–Trinajstić information content (AvgIpc) is 3.75. The number of alkyl halides is 8. The average molecular weight is 903 g/mol. The van der Waals surface area contributed by atoms with E-state index in [2.05, 4.69) is 14.7 Å². The number of carbonyl (C=O) groups is 2. The van der Waals surface area contributed by atoms with Crippen LogP contribution in [-0.2, 0) is 53.1 Å². The van der Waals surface area contributed by atoms with Crippen molar-refractivity contribution in [1.29, 1.82) is 0 Å². The summed E-state index contributed by atoms with van der Waals surface area (Å²) in [6.45, 7) is 7.36. The number of pyridine rings is 1. The van der Waals surface area contributed by atoms with E-state index in [1.165, 1.54) is 31.4 Å². The Morgan fingerprint density at radius 2 is 1.58 bits per heavy atom. The van der Waals surface area contributed by atoms with Crippen LogP contribution in [-0.4, -0.2) is 63.7 Å². The summed E-state index contributed by atoms with van der Waals surface area (Å²) in [4.78, 5) is 55.8. The van der Waals surface area contributed by atoms with Crippen molar-refractivity contribution in [2.75, 3.05) is 26.5 Å². The molecule has 21 heteroatoms. The maximum absolute atomic E-state index is 13.6. The van der Waals surface area contributed by atoms with Gasteiger partial charge >= 0.3 is 30.0 Å². The molecule has 5 rings (SSSR count). The second-order valence-electron chi connectivity index (χ2n) is 13.9. The van der Waals surface area contributed by atoms with Gasteiger partial charge in [-0.15, -0.1) is 11.8 Å². The third kappa shape index (κ3) is 11.6. The van der Waals surface area contributed by atoms with Gasteiger partial charge in [0, 0.05) is 36.5 Å². The highest BCUT2D eigenvalue weighted by Gasteiger charge is 2.42. The Morgan fingerprint density at radius 3 is 2.10 bits per heavy atom. The van der Waals surface area contributed by atoms with Gasteiger partial charge in [0.25, 0.3) is 12.0 Å². The smallest absolute Gasteiger partial charge is 0.434 e. The Bertz CT molecular complexity index is 2410. The fourth-order valence-corrected chi connectivity index (χ4v) is 7.04. The van der Waals surface area contributed by atoms with Gasteiger partial charge in [0.1, 0.15) is 34.5 Å². The van der Waals surface area contributed by atoms with Crippen LogP contribution in [0.2, 0.25) is 0 Å². The van der Waals surface area contributed by atoms with Crippen molar-refractivity contribution in [3.05, 3.63) is 114 Å². The van der Waals surface area contributed by atoms with Crippen LogP contribution in [0.25, 0.3) is 5.69 Å². The number of rotatable bonds is 13. The van der Waals surface area contributed by atoms with Gasteiger partial charge in [0.2, 0.25) is 0 Å². The first-order valence-corrected chi connectivity index (χ1v) is 19.7. The second kappa shape index (κ2) is 20.4. The number of hydrogen-bond donors (Lipinski definition) is 0. The Labute approximate surface area is 353 Å². The summed E-state index contributed by atoms with van der Waals surface area (Å²) >= 11 is 1.08. The van der Waals surface area contributed by atoms with Crippen LogP contribution >= 0.6 is 11.8 Å². The lowest BCUT2D eigenvalue weighted by atomic mass is 9.91. The quantitative estimate of drug-likeness (QED) is 0.0954. The maximum atomic E-state index is 13.6. The molecule has 0 spiro atoms. The zero-order valence-corrected chi connectivity index (χ0v) is 35.2. The maximum Gasteiger partial charge on any atom is 0.434 e. The van der Waals surface area contributed by atoms with E-state index >= 15 is 0 Å². The Morgan fingerprint density at radius 1 is 0.919 bits per heavy atom. The molecule has 0 N–H and O–H groups in total. The number of aromatic nitrogens is 3. The molecule has 0 radical (unpaired) electrons. The van der Waals surface area contributed by atoms with E-state index in [-0.39, 0.29) is 35.2 Å². The summed E-state index contributed by atoms with van der Waals surface area (Å²) < 4.78 is 129. The highest BCUT2D eigenvalue weighted by molar-refractivity contribution is 8.14. The molecule has 0 saturated heterocycles. The lowest BCUT2D eigenvalue weighted by Crippen LogP contribution is -2.40. The summed E-state index contributed by atoms with van der Waals surface area (Å²) in [6, 6.07) is 11.7. The molecular formula is C41H42F8N4O8S. The van der Waals surface area contributed by atoms with Gasteiger partial charge in [-0.2, -0.15) is 26.3 Å². The van der Waals surface area contributed by atoms with Crippen molar-refractivity contribution in [2.24, 2.45) is 18.0 Å². The van der Waals surface area contributed by atoms with Crippen LogP contribution in [0.1, 0.15) is 83.8 Å². The molecule has 3 heterocycles. The Kier molecular flexibility index (Phi) is 16.1. The van der Waals surface area contributed by atoms with Crippen LogP contribution in [0.5, 0.6) is 11.5 Å². The van der Waals surface area contributed by atoms with Crippen molar-refractivity contribution in [2.45, 2.75) is 72.0 Å². The first-order valence-electron chi connectivity index (χ1n) is 18.7. The Hall–Kier alpha value is -5.73. The number of nitrogens with zero attached hydrogens (tertiary/aromatic N) is 4. The molecule has 4 aromatic rings. The van der Waals surface area contributed by atoms with Gasteiger partial charge in [0.05, 0.1) is 25.5 Å². The summed E-state index contributed by atoms with van der Waals surface area (Å²) in [6.07, 6.45) is -13.3. The van der Waals surface area contributed by atoms with Gasteiger partial charge in [-0.05, 0) is 67.1 Å². The molecule has 0 fully saturated rings. The van der Waals surface area contributed by atoms with Crippen LogP contribution in [0.15, 0.2) is 63.1 Å². The van der Waals surface area contributed by atoms with Gasteiger partial charge < -0.3 is 18.9 Å². The van der Waals surface area contributed by atoms with Crippen LogP contribution in [0.3, 0.4) is 0 Å². The minimum atomic E-state index is -4.97. The molecule has 0 aliphatic carbocycles. The molecule has 1 atom stereocenters. The summed E-state index contributed by atoms with van der Waals surface area (Å²) in [5.74, 6) is -0.548. The fourth-order valence-electron chi connectivity index (χ4n) is 6.12. The van der Waals surface area contributed by atoms with E-state index < -0.39 is 76.3 Å². The predicted octanol–water partition coefficient (Wildman–Crippen LogP) is 8.15. The molecule has 0 amide bonds. The number of thioether (sulfide) groups is 1. The normalized spacial score (nSPS) is 13.3. The van der Waals surface area contributed by atoms with Gasteiger partial charge in [0.15, 0.2) is 11.8 Å². The monoisotopic (exact) mass is 902 g/mol. The third-order valence-electron chi connectivity index (χ3n) is 9.08. The van der Waals surface area contributed by atoms with Crippen molar-refractivity contribution in [3.8, 4) is 17.2 Å². The molecular weight excluding hydrogens is 861 g/mol. The van der Waals surface area contributed by atoms with E-state index in [9.17, 15) is 54.3 Å². The molecule has 1 aliphatic rings. The topological polar surface area (TPSA) is 140 Å². The first-order chi connectivity index (χ1) is 29.0. The van der Waals surface area contributed by atoms with E-state index in [4.69, 9.17) is 14.2 Å². The lowest BCUT2D eigenvalue weighted by molar-refractivity contribution is -0.148. The molecule has 2 aromatic carbocycles. The third-order valence-corrected chi connectivity index (χ3v) is 10.1. The molecule has 0 bridgehead atoms. The van der Waals surface area contributed by atoms with E-state index in [0.29, 0.717) is 44.6 Å². The zero-order valence-electron chi connectivity index (χ0n) is 34.4. The van der Waals surface area contributed by atoms with Crippen LogP contribution in [0, 0.1) is 5.92 Å². The molecule has 1 unspecified atom stereocenters. The van der Waals surface area contributed by atoms with E-state index in [1.54, 1.807) is 20.8 Å². The van der Waals surface area contributed by atoms with Crippen molar-refractivity contribution in [3.63, 3.8) is 0 Å². The molecule has 2 aromatic heterocycles. The number of hydrogen-bond acceptors (Lipinski definition) is 11. The number of aryl methyl sites for hydroxylation is 1. The standard InChI is InChI=1S/C25H25F3N2O6.C16H17F5N2O2S/c1-5-16-6-7-17(20(12-16)36-15(2)23(32)34-4)14-35-19-10-8-18(9-11-19)30-22(31)13-21(25(26,27)28)29(3)24(30)33;1-7(2)6-8-9(15(24)25-3)11(13(17)18)23-12(16(19,20)21)10(8)14-22-4-5-26-14/h6-13,15H,5,14H2,1-4H3;7,13H,4-6H2,1-3H3. The Balaban J connectivity index is 0.000000287. The first kappa shape index (κ1) is 48.9. The summed E-state index contributed by atoms with van der Waals surface area (Å²) in [7, 11) is 3.20. The molecule has 0 saturated carbocycles. The number of aliphatic imine (C=N–C) groups is 1. The van der Waals surface area contributed by atoms with Crippen molar-refractivity contribution < 1.29 is 63.7 Å². The SMILES string of the molecule is CCc1ccc(COc2ccc(-n3c(=O)cc(C(F)(F)F)n(C)c3=O)cc2)c(OC(C)C(=O)OC)c1.COC(=O)c1c(C(F)F)nc(C(F)(F)F)c(C2=NCCS2)c1CC(C)C. The van der Waals surface area contributed by atoms with E-state index in [1.807, 2.05) is 25.1 Å². The number of halogens is 8. The number of benzene rings is 2. The number of carbonyl (C=O) groups excluding carboxylic acids is 2. The molecule has 62 heavy (non-hydrogen) atoms. The predicted molar refractivity (Wildman–Crippen MR) is 212 cm³/mol. The highest BCUT2D eigenvalue weighted by Crippen LogP contribution is 2.40. The largest absolute Gasteiger partial charge is 0.489 e. The molecule has 1 aliphatic heterocycles. The van der Waals surface area contributed by atoms with Crippen molar-refractivity contribution >= 4 is 28.7 Å². The fraction of sp³-hybridized carbons (Fsp3) is 0.415. The van der Waals surface area contributed by atoms with Crippen LogP contribution in [0.4, 0.5) is 35.1 Å². The van der Waals surface area contributed by atoms with Crippen LogP contribution < -0.4 is 20.7 Å². The van der Waals surface area contributed by atoms with E-state index in [0.717, 1.165) is 37.9 Å². The molecule has 336 valence electrons. The molecule has 12 nitrogen and oxygen atoms in total. The second-order valence-corrected chi connectivity index (χ2v) is 15.0. The number of methoxy groups -OCH3 is 2. The minimum absolute atomic E-state index is 0.0231.